The van der Waals surface area contributed by atoms with Crippen molar-refractivity contribution in [3.8, 4) is 22.8 Å². The molecule has 3 aromatic carbocycles. The Hall–Kier alpha value is -3.60. The highest BCUT2D eigenvalue weighted by Gasteiger charge is 2.19. The Morgan fingerprint density at radius 3 is 2.53 bits per heavy atom. The summed E-state index contributed by atoms with van der Waals surface area (Å²) in [5, 5.41) is 14.0. The van der Waals surface area contributed by atoms with Crippen LogP contribution in [0.5, 0.6) is 11.5 Å². The number of carbonyl (C=O) groups is 1. The second kappa shape index (κ2) is 12.3. The van der Waals surface area contributed by atoms with Crippen LogP contribution in [0.2, 0.25) is 5.02 Å². The summed E-state index contributed by atoms with van der Waals surface area (Å²) in [6.45, 7) is 2.08. The van der Waals surface area contributed by atoms with E-state index in [9.17, 15) is 13.2 Å². The lowest BCUT2D eigenvalue weighted by molar-refractivity contribution is -0.136. The first-order valence-electron chi connectivity index (χ1n) is 12.0. The Morgan fingerprint density at radius 2 is 1.82 bits per heavy atom. The van der Waals surface area contributed by atoms with Gasteiger partial charge in [-0.1, -0.05) is 66.5 Å². The van der Waals surface area contributed by atoms with Crippen LogP contribution in [0.25, 0.3) is 22.2 Å². The van der Waals surface area contributed by atoms with Crippen LogP contribution in [0.1, 0.15) is 30.9 Å². The van der Waals surface area contributed by atoms with Gasteiger partial charge in [0.25, 0.3) is 0 Å². The summed E-state index contributed by atoms with van der Waals surface area (Å²) in [7, 11) is -4.39. The molecule has 200 valence electrons. The number of aliphatic carboxylic acids is 1. The number of aromatic nitrogens is 1. The molecule has 9 nitrogen and oxygen atoms in total. The minimum absolute atomic E-state index is 0.0408. The fourth-order valence-electron chi connectivity index (χ4n) is 3.90. The van der Waals surface area contributed by atoms with Gasteiger partial charge in [0, 0.05) is 17.5 Å². The number of fused-ring (bicyclic) bond motifs is 1. The predicted molar refractivity (Wildman–Crippen MR) is 142 cm³/mol. The van der Waals surface area contributed by atoms with E-state index in [4.69, 9.17) is 34.3 Å². The van der Waals surface area contributed by atoms with Crippen LogP contribution in [0.3, 0.4) is 0 Å². The molecule has 0 bridgehead atoms. The number of nitrogens with zero attached hydrogens (tertiary/aromatic N) is 1. The molecule has 1 N–H and O–H groups in total. The fourth-order valence-corrected chi connectivity index (χ4v) is 4.92. The van der Waals surface area contributed by atoms with Gasteiger partial charge in [-0.15, -0.1) is 0 Å². The summed E-state index contributed by atoms with van der Waals surface area (Å²) < 4.78 is 45.8. The van der Waals surface area contributed by atoms with Crippen molar-refractivity contribution < 1.29 is 35.9 Å². The van der Waals surface area contributed by atoms with E-state index in [2.05, 4.69) is 12.1 Å². The summed E-state index contributed by atoms with van der Waals surface area (Å²) in [5.74, 6) is -0.550. The topological polar surface area (TPSA) is 125 Å². The zero-order valence-corrected chi connectivity index (χ0v) is 22.1. The second-order valence-electron chi connectivity index (χ2n) is 8.42. The van der Waals surface area contributed by atoms with Crippen molar-refractivity contribution in [1.82, 2.24) is 5.16 Å². The lowest BCUT2D eigenvalue weighted by atomic mass is 10.0. The van der Waals surface area contributed by atoms with Gasteiger partial charge in [0.1, 0.15) is 11.4 Å². The molecule has 1 heterocycles. The first-order valence-corrected chi connectivity index (χ1v) is 13.7. The molecule has 0 aliphatic heterocycles. The molecule has 0 spiro atoms. The summed E-state index contributed by atoms with van der Waals surface area (Å²) >= 11 is 6.02. The van der Waals surface area contributed by atoms with Gasteiger partial charge in [-0.05, 0) is 36.2 Å². The molecule has 1 aromatic heterocycles. The molecular formula is C27H26ClNO8S. The molecule has 4 aromatic rings. The van der Waals surface area contributed by atoms with Crippen molar-refractivity contribution >= 4 is 38.9 Å². The molecule has 0 saturated carbocycles. The number of carboxylic acids is 1. The standard InChI is InChI=1S/C27H26ClNO8S/c1-2-7-20-23(13-11-21-26(29-36-27(20)21)19-8-4-3-5-9-19)34-14-6-15-35-38(32,33)37-24-12-10-18(16-22(24)28)17-25(30)31/h3-5,8-13,16H,2,6-7,14-15,17H2,1H3,(H,30,31). The lowest BCUT2D eigenvalue weighted by Gasteiger charge is -2.12. The molecule has 11 heteroatoms. The average molecular weight is 560 g/mol. The quantitative estimate of drug-likeness (QED) is 0.201. The monoisotopic (exact) mass is 559 g/mol. The Balaban J connectivity index is 1.34. The molecule has 4 rings (SSSR count). The van der Waals surface area contributed by atoms with E-state index in [-0.39, 0.29) is 36.8 Å². The number of hydrogen-bond donors (Lipinski definition) is 1. The van der Waals surface area contributed by atoms with Crippen LogP contribution in [-0.2, 0) is 32.2 Å². The molecular weight excluding hydrogens is 534 g/mol. The number of ether oxygens (including phenoxy) is 1. The number of carboxylic acid groups (broad SMARTS) is 1. The highest BCUT2D eigenvalue weighted by Crippen LogP contribution is 2.35. The zero-order valence-electron chi connectivity index (χ0n) is 20.6. The highest BCUT2D eigenvalue weighted by molar-refractivity contribution is 7.82. The third-order valence-corrected chi connectivity index (χ3v) is 6.70. The predicted octanol–water partition coefficient (Wildman–Crippen LogP) is 5.84. The van der Waals surface area contributed by atoms with Gasteiger partial charge in [-0.3, -0.25) is 4.79 Å². The first-order chi connectivity index (χ1) is 18.3. The minimum atomic E-state index is -4.39. The van der Waals surface area contributed by atoms with E-state index in [1.165, 1.54) is 18.2 Å². The van der Waals surface area contributed by atoms with Crippen LogP contribution < -0.4 is 8.92 Å². The SMILES string of the molecule is CCCc1c(OCCCOS(=O)(=O)Oc2ccc(CC(=O)O)cc2Cl)ccc2c(-c3ccccc3)noc12. The van der Waals surface area contributed by atoms with Crippen molar-refractivity contribution in [1.29, 1.82) is 0 Å². The highest BCUT2D eigenvalue weighted by atomic mass is 35.5. The molecule has 0 radical (unpaired) electrons. The number of halogens is 1. The number of hydrogen-bond acceptors (Lipinski definition) is 8. The molecule has 0 atom stereocenters. The van der Waals surface area contributed by atoms with Gasteiger partial charge >= 0.3 is 16.4 Å². The molecule has 0 aliphatic rings. The van der Waals surface area contributed by atoms with Crippen molar-refractivity contribution in [3.63, 3.8) is 0 Å². The summed E-state index contributed by atoms with van der Waals surface area (Å²) in [6, 6.07) is 17.6. The van der Waals surface area contributed by atoms with E-state index in [0.29, 0.717) is 16.9 Å². The Labute approximate surface area is 225 Å². The molecule has 0 aliphatic carbocycles. The summed E-state index contributed by atoms with van der Waals surface area (Å²) in [6.07, 6.45) is 1.61. The lowest BCUT2D eigenvalue weighted by Crippen LogP contribution is -2.15. The third kappa shape index (κ3) is 6.83. The van der Waals surface area contributed by atoms with Crippen LogP contribution in [0, 0.1) is 0 Å². The smallest absolute Gasteiger partial charge is 0.449 e. The van der Waals surface area contributed by atoms with Crippen LogP contribution >= 0.6 is 11.6 Å². The zero-order chi connectivity index (χ0) is 27.1. The largest absolute Gasteiger partial charge is 0.493 e. The number of rotatable bonds is 13. The Kier molecular flexibility index (Phi) is 8.88. The molecule has 38 heavy (non-hydrogen) atoms. The third-order valence-electron chi connectivity index (χ3n) is 5.57. The van der Waals surface area contributed by atoms with Crippen molar-refractivity contribution in [2.24, 2.45) is 0 Å². The Bertz CT molecular complexity index is 1520. The van der Waals surface area contributed by atoms with Gasteiger partial charge in [-0.25, -0.2) is 4.18 Å². The fraction of sp³-hybridized carbons (Fsp3) is 0.259. The van der Waals surface area contributed by atoms with E-state index in [1.807, 2.05) is 42.5 Å². The second-order valence-corrected chi connectivity index (χ2v) is 10.0. The number of aryl methyl sites for hydroxylation is 1. The summed E-state index contributed by atoms with van der Waals surface area (Å²) in [4.78, 5) is 10.8. The summed E-state index contributed by atoms with van der Waals surface area (Å²) in [5.41, 5.74) is 3.70. The molecule has 0 fully saturated rings. The van der Waals surface area contributed by atoms with Crippen molar-refractivity contribution in [3.05, 3.63) is 76.8 Å². The first kappa shape index (κ1) is 27.4. The van der Waals surface area contributed by atoms with E-state index in [0.717, 1.165) is 35.0 Å². The van der Waals surface area contributed by atoms with Gasteiger partial charge < -0.3 is 18.5 Å². The van der Waals surface area contributed by atoms with Gasteiger partial charge in [0.05, 0.1) is 30.0 Å². The maximum absolute atomic E-state index is 12.2. The van der Waals surface area contributed by atoms with E-state index in [1.54, 1.807) is 0 Å². The van der Waals surface area contributed by atoms with Crippen LogP contribution in [0.15, 0.2) is 65.2 Å². The maximum atomic E-state index is 12.2. The van der Waals surface area contributed by atoms with Crippen LogP contribution in [0.4, 0.5) is 0 Å². The normalized spacial score (nSPS) is 11.5. The maximum Gasteiger partial charge on any atom is 0.449 e. The minimum Gasteiger partial charge on any atom is -0.493 e. The van der Waals surface area contributed by atoms with Crippen LogP contribution in [-0.4, -0.2) is 37.9 Å². The van der Waals surface area contributed by atoms with Crippen molar-refractivity contribution in [2.75, 3.05) is 13.2 Å². The van der Waals surface area contributed by atoms with E-state index >= 15 is 0 Å². The molecule has 0 unspecified atom stereocenters. The molecule has 0 amide bonds. The van der Waals surface area contributed by atoms with Crippen molar-refractivity contribution in [2.45, 2.75) is 32.6 Å². The van der Waals surface area contributed by atoms with Gasteiger partial charge in [-0.2, -0.15) is 8.42 Å². The van der Waals surface area contributed by atoms with E-state index < -0.39 is 16.4 Å². The van der Waals surface area contributed by atoms with Gasteiger partial charge in [0.2, 0.25) is 0 Å². The molecule has 0 saturated heterocycles. The van der Waals surface area contributed by atoms with Gasteiger partial charge in [0.15, 0.2) is 11.3 Å². The Morgan fingerprint density at radius 1 is 1.05 bits per heavy atom. The number of benzene rings is 3. The average Bonchev–Trinajstić information content (AvgIpc) is 3.31.